The molecule has 19 heavy (non-hydrogen) atoms. The second-order valence-electron chi connectivity index (χ2n) is 3.68. The van der Waals surface area contributed by atoms with Crippen molar-refractivity contribution in [3.8, 4) is 0 Å². The zero-order valence-corrected chi connectivity index (χ0v) is 10.8. The molecule has 0 aliphatic carbocycles. The molecule has 3 N–H and O–H groups in total. The van der Waals surface area contributed by atoms with E-state index >= 15 is 0 Å². The number of benzene rings is 1. The topological polar surface area (TPSA) is 138 Å². The van der Waals surface area contributed by atoms with Gasteiger partial charge in [0.2, 0.25) is 15.9 Å². The van der Waals surface area contributed by atoms with Crippen molar-refractivity contribution < 1.29 is 13.2 Å². The first-order chi connectivity index (χ1) is 8.93. The SMILES string of the molecule is [N-]=[N+]=NCC(=O)NCCc1ccc(S(N)(=O)=O)cc1. The summed E-state index contributed by atoms with van der Waals surface area (Å²) in [6, 6.07) is 6.07. The molecule has 0 atom stereocenters. The Morgan fingerprint density at radius 3 is 2.53 bits per heavy atom. The average Bonchev–Trinajstić information content (AvgIpc) is 2.36. The number of amides is 1. The number of rotatable bonds is 6. The average molecular weight is 283 g/mol. The minimum Gasteiger partial charge on any atom is -0.356 e. The van der Waals surface area contributed by atoms with Crippen LogP contribution in [0.5, 0.6) is 0 Å². The summed E-state index contributed by atoms with van der Waals surface area (Å²) in [6.45, 7) is 0.134. The van der Waals surface area contributed by atoms with Gasteiger partial charge in [-0.15, -0.1) is 0 Å². The Balaban J connectivity index is 2.47. The minimum absolute atomic E-state index is 0.0450. The van der Waals surface area contributed by atoms with Crippen LogP contribution >= 0.6 is 0 Å². The van der Waals surface area contributed by atoms with Crippen LogP contribution in [0.25, 0.3) is 10.4 Å². The summed E-state index contributed by atoms with van der Waals surface area (Å²) >= 11 is 0. The number of carbonyl (C=O) groups is 1. The van der Waals surface area contributed by atoms with Gasteiger partial charge in [0.25, 0.3) is 0 Å². The maximum Gasteiger partial charge on any atom is 0.238 e. The van der Waals surface area contributed by atoms with Gasteiger partial charge in [0.15, 0.2) is 0 Å². The highest BCUT2D eigenvalue weighted by Crippen LogP contribution is 2.08. The molecule has 0 spiro atoms. The highest BCUT2D eigenvalue weighted by molar-refractivity contribution is 7.89. The number of azide groups is 1. The number of primary sulfonamides is 1. The normalized spacial score (nSPS) is 10.6. The standard InChI is InChI=1S/C10H13N5O3S/c11-15-14-7-10(16)13-6-5-8-1-3-9(4-2-8)19(12,17)18/h1-4H,5-7H2,(H,13,16)(H2,12,17,18). The van der Waals surface area contributed by atoms with Gasteiger partial charge in [0.05, 0.1) is 4.90 Å². The predicted molar refractivity (Wildman–Crippen MR) is 68.5 cm³/mol. The van der Waals surface area contributed by atoms with Crippen molar-refractivity contribution in [1.29, 1.82) is 0 Å². The molecule has 0 aromatic heterocycles. The Hall–Kier alpha value is -2.09. The summed E-state index contributed by atoms with van der Waals surface area (Å²) in [5.41, 5.74) is 8.89. The van der Waals surface area contributed by atoms with Gasteiger partial charge >= 0.3 is 0 Å². The lowest BCUT2D eigenvalue weighted by molar-refractivity contribution is -0.119. The highest BCUT2D eigenvalue weighted by atomic mass is 32.2. The Morgan fingerprint density at radius 1 is 1.37 bits per heavy atom. The van der Waals surface area contributed by atoms with Crippen molar-refractivity contribution in [2.75, 3.05) is 13.1 Å². The molecule has 0 fully saturated rings. The summed E-state index contributed by atoms with van der Waals surface area (Å²) in [5.74, 6) is -0.362. The van der Waals surface area contributed by atoms with E-state index in [2.05, 4.69) is 15.3 Å². The molecular formula is C10H13N5O3S. The van der Waals surface area contributed by atoms with Crippen LogP contribution in [0.3, 0.4) is 0 Å². The van der Waals surface area contributed by atoms with Crippen molar-refractivity contribution in [2.24, 2.45) is 10.3 Å². The molecule has 0 saturated heterocycles. The molecule has 0 aliphatic heterocycles. The van der Waals surface area contributed by atoms with E-state index in [-0.39, 0.29) is 17.3 Å². The van der Waals surface area contributed by atoms with Crippen LogP contribution in [-0.4, -0.2) is 27.4 Å². The first kappa shape index (κ1) is 15.0. The van der Waals surface area contributed by atoms with Crippen molar-refractivity contribution >= 4 is 15.9 Å². The largest absolute Gasteiger partial charge is 0.356 e. The van der Waals surface area contributed by atoms with Crippen LogP contribution in [0.1, 0.15) is 5.56 Å². The van der Waals surface area contributed by atoms with E-state index in [0.29, 0.717) is 13.0 Å². The first-order valence-corrected chi connectivity index (χ1v) is 6.87. The lowest BCUT2D eigenvalue weighted by Gasteiger charge is -2.04. The Kier molecular flexibility index (Phi) is 5.31. The van der Waals surface area contributed by atoms with Gasteiger partial charge in [-0.05, 0) is 29.6 Å². The third kappa shape index (κ3) is 5.38. The van der Waals surface area contributed by atoms with Crippen LogP contribution < -0.4 is 10.5 Å². The number of nitrogens with two attached hydrogens (primary N) is 1. The van der Waals surface area contributed by atoms with Crippen LogP contribution in [0.2, 0.25) is 0 Å². The highest BCUT2D eigenvalue weighted by Gasteiger charge is 2.06. The Morgan fingerprint density at radius 2 is 2.00 bits per heavy atom. The Bertz CT molecular complexity index is 590. The molecule has 0 heterocycles. The van der Waals surface area contributed by atoms with E-state index < -0.39 is 10.0 Å². The molecule has 0 aliphatic rings. The van der Waals surface area contributed by atoms with Gasteiger partial charge in [-0.1, -0.05) is 17.2 Å². The molecule has 0 unspecified atom stereocenters. The van der Waals surface area contributed by atoms with Crippen molar-refractivity contribution in [3.63, 3.8) is 0 Å². The number of sulfonamides is 1. The monoisotopic (exact) mass is 283 g/mol. The van der Waals surface area contributed by atoms with Crippen LogP contribution in [-0.2, 0) is 21.2 Å². The third-order valence-electron chi connectivity index (χ3n) is 2.27. The second kappa shape index (κ2) is 6.74. The van der Waals surface area contributed by atoms with E-state index in [0.717, 1.165) is 5.56 Å². The predicted octanol–water partition coefficient (Wildman–Crippen LogP) is 0.303. The smallest absolute Gasteiger partial charge is 0.238 e. The molecule has 1 rings (SSSR count). The van der Waals surface area contributed by atoms with Crippen LogP contribution in [0, 0.1) is 0 Å². The first-order valence-electron chi connectivity index (χ1n) is 5.33. The number of hydrogen-bond acceptors (Lipinski definition) is 4. The molecule has 1 aromatic rings. The molecule has 0 radical (unpaired) electrons. The molecule has 1 aromatic carbocycles. The maximum atomic E-state index is 11.1. The Labute approximate surface area is 110 Å². The van der Waals surface area contributed by atoms with Crippen molar-refractivity contribution in [1.82, 2.24) is 5.32 Å². The quantitative estimate of drug-likeness (QED) is 0.441. The molecule has 0 bridgehead atoms. The number of nitrogens with one attached hydrogen (secondary N) is 1. The summed E-state index contributed by atoms with van der Waals surface area (Å²) < 4.78 is 22.1. The fourth-order valence-corrected chi connectivity index (χ4v) is 1.86. The molecule has 9 heteroatoms. The van der Waals surface area contributed by atoms with Crippen molar-refractivity contribution in [2.45, 2.75) is 11.3 Å². The lowest BCUT2D eigenvalue weighted by atomic mass is 10.1. The zero-order valence-electron chi connectivity index (χ0n) is 9.98. The van der Waals surface area contributed by atoms with E-state index in [1.54, 1.807) is 12.1 Å². The van der Waals surface area contributed by atoms with E-state index in [1.165, 1.54) is 12.1 Å². The van der Waals surface area contributed by atoms with Crippen LogP contribution in [0.4, 0.5) is 0 Å². The summed E-state index contributed by atoms with van der Waals surface area (Å²) in [4.78, 5) is 13.6. The van der Waals surface area contributed by atoms with Gasteiger partial charge in [-0.25, -0.2) is 13.6 Å². The van der Waals surface area contributed by atoms with E-state index in [1.807, 2.05) is 0 Å². The van der Waals surface area contributed by atoms with E-state index in [9.17, 15) is 13.2 Å². The number of hydrogen-bond donors (Lipinski definition) is 2. The summed E-state index contributed by atoms with van der Waals surface area (Å²) in [6.07, 6.45) is 0.535. The van der Waals surface area contributed by atoms with Crippen molar-refractivity contribution in [3.05, 3.63) is 40.3 Å². The maximum absolute atomic E-state index is 11.1. The van der Waals surface area contributed by atoms with Gasteiger partial charge < -0.3 is 5.32 Å². The van der Waals surface area contributed by atoms with Gasteiger partial charge in [-0.2, -0.15) is 0 Å². The molecular weight excluding hydrogens is 270 g/mol. The summed E-state index contributed by atoms with van der Waals surface area (Å²) in [5, 5.41) is 10.7. The molecule has 102 valence electrons. The van der Waals surface area contributed by atoms with Crippen LogP contribution in [0.15, 0.2) is 34.3 Å². The van der Waals surface area contributed by atoms with Gasteiger partial charge in [0, 0.05) is 11.5 Å². The van der Waals surface area contributed by atoms with Gasteiger partial charge in [0.1, 0.15) is 6.54 Å². The zero-order chi connectivity index (χ0) is 14.3. The molecule has 8 nitrogen and oxygen atoms in total. The molecule has 1 amide bonds. The van der Waals surface area contributed by atoms with Gasteiger partial charge in [-0.3, -0.25) is 4.79 Å². The fraction of sp³-hybridized carbons (Fsp3) is 0.300. The second-order valence-corrected chi connectivity index (χ2v) is 5.24. The number of carbonyl (C=O) groups excluding carboxylic acids is 1. The fourth-order valence-electron chi connectivity index (χ4n) is 1.34. The lowest BCUT2D eigenvalue weighted by Crippen LogP contribution is -2.27. The summed E-state index contributed by atoms with van der Waals surface area (Å²) in [7, 11) is -3.68. The number of nitrogens with zero attached hydrogens (tertiary/aromatic N) is 3. The van der Waals surface area contributed by atoms with E-state index in [4.69, 9.17) is 10.7 Å². The molecule has 0 saturated carbocycles. The third-order valence-corrected chi connectivity index (χ3v) is 3.19. The minimum atomic E-state index is -3.68.